The molecule has 0 bridgehead atoms. The Morgan fingerprint density at radius 2 is 1.60 bits per heavy atom. The molecule has 0 spiro atoms. The number of likely N-dealkylation sites (tertiary alicyclic amines) is 2. The van der Waals surface area contributed by atoms with Crippen LogP contribution in [-0.2, 0) is 12.7 Å². The van der Waals surface area contributed by atoms with Gasteiger partial charge in [-0.15, -0.1) is 0 Å². The molecule has 6 rings (SSSR count). The Labute approximate surface area is 237 Å². The number of alkyl halides is 3. The first kappa shape index (κ1) is 28.9. The fourth-order valence-corrected chi connectivity index (χ4v) is 6.39. The van der Waals surface area contributed by atoms with E-state index in [9.17, 15) is 22.8 Å². The van der Waals surface area contributed by atoms with Crippen LogP contribution in [0.5, 0.6) is 0 Å². The third kappa shape index (κ3) is 6.31. The molecular weight excluding hydrogens is 545 g/mol. The third-order valence-electron chi connectivity index (χ3n) is 8.21. The van der Waals surface area contributed by atoms with Gasteiger partial charge in [-0.2, -0.15) is 23.0 Å². The lowest BCUT2D eigenvalue weighted by atomic mass is 10.0. The zero-order valence-electron chi connectivity index (χ0n) is 22.9. The minimum atomic E-state index is -4.44. The molecule has 2 aromatic rings. The zero-order valence-corrected chi connectivity index (χ0v) is 23.7. The highest BCUT2D eigenvalue weighted by Gasteiger charge is 2.42. The van der Waals surface area contributed by atoms with Gasteiger partial charge in [0.1, 0.15) is 0 Å². The first-order valence-electron chi connectivity index (χ1n) is 14.1. The Morgan fingerprint density at radius 3 is 2.20 bits per heavy atom. The number of fused-ring (bicyclic) bond motifs is 1. The van der Waals surface area contributed by atoms with E-state index in [1.165, 1.54) is 29.9 Å². The normalized spacial score (nSPS) is 23.6. The van der Waals surface area contributed by atoms with Gasteiger partial charge in [-0.3, -0.25) is 14.6 Å². The van der Waals surface area contributed by atoms with E-state index in [1.54, 1.807) is 11.0 Å². The molecule has 2 amide bonds. The van der Waals surface area contributed by atoms with Crippen LogP contribution in [0.1, 0.15) is 48.2 Å². The number of rotatable bonds is 4. The van der Waals surface area contributed by atoms with Crippen LogP contribution in [0, 0.1) is 11.8 Å². The van der Waals surface area contributed by atoms with E-state index in [2.05, 4.69) is 14.9 Å². The monoisotopic (exact) mass is 580 g/mol. The van der Waals surface area contributed by atoms with Crippen LogP contribution in [0.25, 0.3) is 0 Å². The minimum Gasteiger partial charge on any atom is -0.336 e. The average molecular weight is 581 g/mol. The fraction of sp³-hybridized carbons (Fsp3) is 0.607. The number of hydrogen-bond acceptors (Lipinski definition) is 5. The van der Waals surface area contributed by atoms with Crippen LogP contribution >= 0.6 is 11.6 Å². The zero-order chi connectivity index (χ0) is 28.6. The predicted molar refractivity (Wildman–Crippen MR) is 145 cm³/mol. The molecule has 0 N–H and O–H groups in total. The van der Waals surface area contributed by atoms with Crippen LogP contribution in [0.3, 0.4) is 0 Å². The van der Waals surface area contributed by atoms with Gasteiger partial charge in [0.15, 0.2) is 0 Å². The largest absolute Gasteiger partial charge is 0.416 e. The van der Waals surface area contributed by atoms with E-state index >= 15 is 0 Å². The highest BCUT2D eigenvalue weighted by molar-refractivity contribution is 6.30. The van der Waals surface area contributed by atoms with Crippen LogP contribution in [-0.4, -0.2) is 99.7 Å². The van der Waals surface area contributed by atoms with Crippen molar-refractivity contribution < 1.29 is 22.8 Å². The van der Waals surface area contributed by atoms with Gasteiger partial charge in [0.05, 0.1) is 17.3 Å². The first-order chi connectivity index (χ1) is 19.1. The summed E-state index contributed by atoms with van der Waals surface area (Å²) in [6.07, 6.45) is 1.06. The van der Waals surface area contributed by atoms with Crippen molar-refractivity contribution >= 4 is 23.5 Å². The fourth-order valence-electron chi connectivity index (χ4n) is 6.13. The summed E-state index contributed by atoms with van der Waals surface area (Å²) in [5, 5.41) is 4.26. The Bertz CT molecular complexity index is 1210. The van der Waals surface area contributed by atoms with Gasteiger partial charge in [-0.25, -0.2) is 4.79 Å². The summed E-state index contributed by atoms with van der Waals surface area (Å²) in [6, 6.07) is 4.10. The molecule has 1 aromatic heterocycles. The van der Waals surface area contributed by atoms with Crippen LogP contribution in [0.15, 0.2) is 30.6 Å². The summed E-state index contributed by atoms with van der Waals surface area (Å²) in [6.45, 7) is 10.0. The van der Waals surface area contributed by atoms with Gasteiger partial charge in [-0.05, 0) is 48.4 Å². The highest BCUT2D eigenvalue weighted by atomic mass is 35.5. The SMILES string of the molecule is CC.O=C(c1cnn(C(=O)N2CC3CN(Cc4cc(Cl)cc(C(F)(F)F)c4)CC3C2)c1)N1CCN(C2CC2)CC1. The average Bonchev–Trinajstić information content (AvgIpc) is 3.34. The van der Waals surface area contributed by atoms with E-state index in [4.69, 9.17) is 11.6 Å². The van der Waals surface area contributed by atoms with E-state index < -0.39 is 11.7 Å². The van der Waals surface area contributed by atoms with Crippen molar-refractivity contribution in [2.24, 2.45) is 11.8 Å². The Morgan fingerprint density at radius 1 is 0.950 bits per heavy atom. The van der Waals surface area contributed by atoms with Crippen molar-refractivity contribution in [3.05, 3.63) is 52.3 Å². The van der Waals surface area contributed by atoms with E-state index in [0.29, 0.717) is 63.0 Å². The molecule has 1 aromatic carbocycles. The number of amides is 2. The van der Waals surface area contributed by atoms with Crippen molar-refractivity contribution in [2.75, 3.05) is 52.4 Å². The van der Waals surface area contributed by atoms with Gasteiger partial charge in [0.25, 0.3) is 5.91 Å². The molecule has 1 saturated carbocycles. The lowest BCUT2D eigenvalue weighted by Crippen LogP contribution is -2.49. The summed E-state index contributed by atoms with van der Waals surface area (Å²) in [5.74, 6) is 0.377. The van der Waals surface area contributed by atoms with Crippen molar-refractivity contribution in [2.45, 2.75) is 45.5 Å². The van der Waals surface area contributed by atoms with Crippen LogP contribution in [0.2, 0.25) is 5.02 Å². The van der Waals surface area contributed by atoms with Crippen molar-refractivity contribution in [1.82, 2.24) is 29.4 Å². The Hall–Kier alpha value is -2.63. The molecule has 4 heterocycles. The van der Waals surface area contributed by atoms with Gasteiger partial charge < -0.3 is 9.80 Å². The van der Waals surface area contributed by atoms with Crippen molar-refractivity contribution in [3.63, 3.8) is 0 Å². The molecule has 12 heteroatoms. The predicted octanol–water partition coefficient (Wildman–Crippen LogP) is 4.53. The second kappa shape index (κ2) is 11.7. The van der Waals surface area contributed by atoms with Crippen molar-refractivity contribution in [1.29, 1.82) is 0 Å². The minimum absolute atomic E-state index is 0.0728. The van der Waals surface area contributed by atoms with Gasteiger partial charge in [0.2, 0.25) is 0 Å². The Balaban J connectivity index is 0.00000158. The molecular formula is C28H36ClF3N6O2. The summed E-state index contributed by atoms with van der Waals surface area (Å²) in [7, 11) is 0. The molecule has 218 valence electrons. The molecule has 4 aliphatic rings. The summed E-state index contributed by atoms with van der Waals surface area (Å²) >= 11 is 5.94. The lowest BCUT2D eigenvalue weighted by Gasteiger charge is -2.34. The number of piperazine rings is 1. The maximum absolute atomic E-state index is 13.2. The first-order valence-corrected chi connectivity index (χ1v) is 14.5. The molecule has 4 fully saturated rings. The molecule has 40 heavy (non-hydrogen) atoms. The van der Waals surface area contributed by atoms with E-state index in [-0.39, 0.29) is 28.8 Å². The molecule has 3 saturated heterocycles. The second-order valence-electron chi connectivity index (χ2n) is 11.0. The summed E-state index contributed by atoms with van der Waals surface area (Å²) in [5.41, 5.74) is 0.206. The number of carbonyl (C=O) groups is 2. The lowest BCUT2D eigenvalue weighted by molar-refractivity contribution is -0.137. The topological polar surface area (TPSA) is 64.9 Å². The quantitative estimate of drug-likeness (QED) is 0.532. The second-order valence-corrected chi connectivity index (χ2v) is 11.4. The molecule has 3 aliphatic heterocycles. The molecule has 2 atom stereocenters. The van der Waals surface area contributed by atoms with Gasteiger partial charge in [0, 0.05) is 76.2 Å². The summed E-state index contributed by atoms with van der Waals surface area (Å²) in [4.78, 5) is 34.2. The maximum Gasteiger partial charge on any atom is 0.416 e. The maximum atomic E-state index is 13.2. The molecule has 8 nitrogen and oxygen atoms in total. The molecule has 1 aliphatic carbocycles. The third-order valence-corrected chi connectivity index (χ3v) is 8.43. The number of nitrogens with zero attached hydrogens (tertiary/aromatic N) is 6. The number of benzene rings is 1. The molecule has 0 radical (unpaired) electrons. The Kier molecular flexibility index (Phi) is 8.45. The van der Waals surface area contributed by atoms with Gasteiger partial charge in [-0.1, -0.05) is 25.4 Å². The van der Waals surface area contributed by atoms with Crippen LogP contribution in [0.4, 0.5) is 18.0 Å². The number of aromatic nitrogens is 2. The van der Waals surface area contributed by atoms with E-state index in [0.717, 1.165) is 25.2 Å². The summed E-state index contributed by atoms with van der Waals surface area (Å²) < 4.78 is 40.7. The number of halogens is 4. The van der Waals surface area contributed by atoms with Crippen molar-refractivity contribution in [3.8, 4) is 0 Å². The standard InChI is InChI=1S/C26H30ClF3N6O2.C2H6/c27-22-8-17(7-21(9-22)26(28,29)30)11-32-12-19-14-35(15-20(19)13-32)25(38)36-16-18(10-31-36)24(37)34-5-3-33(4-6-34)23-1-2-23;1-2/h7-10,16,19-20,23H,1-6,11-15H2;1-2H3. The highest BCUT2D eigenvalue weighted by Crippen LogP contribution is 2.35. The van der Waals surface area contributed by atoms with Gasteiger partial charge >= 0.3 is 12.2 Å². The number of hydrogen-bond donors (Lipinski definition) is 0. The molecule has 2 unspecified atom stereocenters. The smallest absolute Gasteiger partial charge is 0.336 e. The number of carbonyl (C=O) groups excluding carboxylic acids is 2. The van der Waals surface area contributed by atoms with E-state index in [1.807, 2.05) is 18.7 Å². The van der Waals surface area contributed by atoms with Crippen LogP contribution < -0.4 is 0 Å².